The minimum Gasteiger partial charge on any atom is -0.357 e. The van der Waals surface area contributed by atoms with Gasteiger partial charge in [-0.3, -0.25) is 4.79 Å². The molecule has 0 aliphatic heterocycles. The molecule has 3 N–H and O–H groups in total. The van der Waals surface area contributed by atoms with E-state index in [-0.39, 0.29) is 36.4 Å². The van der Waals surface area contributed by atoms with Crippen molar-refractivity contribution < 1.29 is 4.79 Å². The van der Waals surface area contributed by atoms with Gasteiger partial charge in [-0.25, -0.2) is 4.99 Å². The highest BCUT2D eigenvalue weighted by molar-refractivity contribution is 14.0. The van der Waals surface area contributed by atoms with Crippen LogP contribution in [0.5, 0.6) is 0 Å². The summed E-state index contributed by atoms with van der Waals surface area (Å²) in [6, 6.07) is 9.92. The molecule has 6 heteroatoms. The van der Waals surface area contributed by atoms with Crippen LogP contribution in [0.1, 0.15) is 32.6 Å². The molecular formula is C16H25IN4O. The molecule has 0 atom stereocenters. The minimum absolute atomic E-state index is 0. The van der Waals surface area contributed by atoms with Crippen LogP contribution in [0.15, 0.2) is 35.3 Å². The lowest BCUT2D eigenvalue weighted by Crippen LogP contribution is -2.42. The van der Waals surface area contributed by atoms with E-state index in [1.165, 1.54) is 25.7 Å². The van der Waals surface area contributed by atoms with E-state index in [9.17, 15) is 4.79 Å². The van der Waals surface area contributed by atoms with Gasteiger partial charge in [-0.2, -0.15) is 0 Å². The Hall–Kier alpha value is -1.31. The molecule has 122 valence electrons. The molecule has 1 amide bonds. The van der Waals surface area contributed by atoms with Gasteiger partial charge in [0, 0.05) is 18.3 Å². The Bertz CT molecular complexity index is 472. The third-order valence-corrected chi connectivity index (χ3v) is 3.48. The van der Waals surface area contributed by atoms with Crippen LogP contribution >= 0.6 is 24.0 Å². The average molecular weight is 416 g/mol. The number of halogens is 1. The summed E-state index contributed by atoms with van der Waals surface area (Å²) in [5.74, 6) is 0.623. The first-order valence-corrected chi connectivity index (χ1v) is 7.67. The second kappa shape index (κ2) is 10.4. The lowest BCUT2D eigenvalue weighted by molar-refractivity contribution is -0.114. The monoisotopic (exact) mass is 416 g/mol. The first-order chi connectivity index (χ1) is 10.3. The Morgan fingerprint density at radius 1 is 1.23 bits per heavy atom. The van der Waals surface area contributed by atoms with Gasteiger partial charge in [0.25, 0.3) is 0 Å². The lowest BCUT2D eigenvalue weighted by Gasteiger charge is -2.16. The average Bonchev–Trinajstić information content (AvgIpc) is 2.99. The molecule has 1 fully saturated rings. The zero-order valence-corrected chi connectivity index (χ0v) is 15.3. The summed E-state index contributed by atoms with van der Waals surface area (Å²) in [7, 11) is 0. The molecule has 0 bridgehead atoms. The molecule has 1 aliphatic carbocycles. The first kappa shape index (κ1) is 18.7. The number of benzene rings is 1. The van der Waals surface area contributed by atoms with Crippen molar-refractivity contribution in [2.75, 3.05) is 18.4 Å². The first-order valence-electron chi connectivity index (χ1n) is 7.67. The molecule has 0 unspecified atom stereocenters. The number of carbonyl (C=O) groups is 1. The van der Waals surface area contributed by atoms with Crippen LogP contribution in [0.3, 0.4) is 0 Å². The van der Waals surface area contributed by atoms with E-state index >= 15 is 0 Å². The number of para-hydroxylation sites is 1. The predicted octanol–water partition coefficient (Wildman–Crippen LogP) is 2.74. The third kappa shape index (κ3) is 6.64. The van der Waals surface area contributed by atoms with Gasteiger partial charge in [0.1, 0.15) is 6.54 Å². The molecule has 0 heterocycles. The highest BCUT2D eigenvalue weighted by atomic mass is 127. The molecule has 1 saturated carbocycles. The summed E-state index contributed by atoms with van der Waals surface area (Å²) in [4.78, 5) is 16.2. The molecule has 0 spiro atoms. The van der Waals surface area contributed by atoms with Crippen LogP contribution in [-0.2, 0) is 4.79 Å². The normalized spacial score (nSPS) is 15.0. The zero-order chi connectivity index (χ0) is 14.9. The number of carbonyl (C=O) groups excluding carboxylic acids is 1. The largest absolute Gasteiger partial charge is 0.357 e. The van der Waals surface area contributed by atoms with Gasteiger partial charge in [-0.1, -0.05) is 31.0 Å². The fourth-order valence-corrected chi connectivity index (χ4v) is 2.46. The van der Waals surface area contributed by atoms with E-state index in [0.29, 0.717) is 6.04 Å². The molecule has 0 aromatic heterocycles. The minimum atomic E-state index is -0.107. The molecule has 0 saturated heterocycles. The molecule has 1 aromatic carbocycles. The number of hydrogen-bond acceptors (Lipinski definition) is 2. The van der Waals surface area contributed by atoms with Crippen molar-refractivity contribution >= 4 is 41.5 Å². The summed E-state index contributed by atoms with van der Waals surface area (Å²) in [5, 5.41) is 9.41. The standard InChI is InChI=1S/C16H24N4O.HI/c1-2-17-16(20-14-10-6-7-11-14)18-12-15(21)19-13-8-4-3-5-9-13;/h3-5,8-9,14H,2,6-7,10-12H2,1H3,(H,19,21)(H2,17,18,20);1H. The Balaban J connectivity index is 0.00000242. The highest BCUT2D eigenvalue weighted by Crippen LogP contribution is 2.17. The van der Waals surface area contributed by atoms with Crippen molar-refractivity contribution in [1.82, 2.24) is 10.6 Å². The van der Waals surface area contributed by atoms with Crippen molar-refractivity contribution in [1.29, 1.82) is 0 Å². The van der Waals surface area contributed by atoms with E-state index in [2.05, 4.69) is 20.9 Å². The van der Waals surface area contributed by atoms with Gasteiger partial charge in [0.2, 0.25) is 5.91 Å². The topological polar surface area (TPSA) is 65.5 Å². The van der Waals surface area contributed by atoms with Crippen LogP contribution in [0.2, 0.25) is 0 Å². The fourth-order valence-electron chi connectivity index (χ4n) is 2.46. The molecule has 0 radical (unpaired) electrons. The van der Waals surface area contributed by atoms with Crippen molar-refractivity contribution in [3.8, 4) is 0 Å². The van der Waals surface area contributed by atoms with Crippen LogP contribution in [0.25, 0.3) is 0 Å². The lowest BCUT2D eigenvalue weighted by atomic mass is 10.2. The number of nitrogens with one attached hydrogen (secondary N) is 3. The van der Waals surface area contributed by atoms with Crippen LogP contribution in [0.4, 0.5) is 5.69 Å². The van der Waals surface area contributed by atoms with Crippen molar-refractivity contribution in [3.05, 3.63) is 30.3 Å². The number of anilines is 1. The Labute approximate surface area is 149 Å². The van der Waals surface area contributed by atoms with Crippen molar-refractivity contribution in [2.24, 2.45) is 4.99 Å². The summed E-state index contributed by atoms with van der Waals surface area (Å²) in [6.07, 6.45) is 4.90. The molecule has 5 nitrogen and oxygen atoms in total. The fraction of sp³-hybridized carbons (Fsp3) is 0.500. The second-order valence-corrected chi connectivity index (χ2v) is 5.24. The SMILES string of the molecule is CCNC(=NCC(=O)Nc1ccccc1)NC1CCCC1.I. The number of aliphatic imine (C=N–C) groups is 1. The van der Waals surface area contributed by atoms with E-state index in [1.807, 2.05) is 37.3 Å². The Morgan fingerprint density at radius 3 is 2.55 bits per heavy atom. The number of amides is 1. The maximum absolute atomic E-state index is 11.9. The quantitative estimate of drug-likeness (QED) is 0.393. The van der Waals surface area contributed by atoms with Gasteiger partial charge < -0.3 is 16.0 Å². The van der Waals surface area contributed by atoms with Crippen molar-refractivity contribution in [3.63, 3.8) is 0 Å². The molecule has 22 heavy (non-hydrogen) atoms. The van der Waals surface area contributed by atoms with Crippen molar-refractivity contribution in [2.45, 2.75) is 38.6 Å². The van der Waals surface area contributed by atoms with Gasteiger partial charge in [-0.05, 0) is 31.9 Å². The summed E-state index contributed by atoms with van der Waals surface area (Å²) >= 11 is 0. The molecule has 2 rings (SSSR count). The van der Waals surface area contributed by atoms with Crippen LogP contribution in [-0.4, -0.2) is 31.0 Å². The van der Waals surface area contributed by atoms with Crippen LogP contribution < -0.4 is 16.0 Å². The van der Waals surface area contributed by atoms with Gasteiger partial charge >= 0.3 is 0 Å². The highest BCUT2D eigenvalue weighted by Gasteiger charge is 2.15. The summed E-state index contributed by atoms with van der Waals surface area (Å²) in [5.41, 5.74) is 0.798. The summed E-state index contributed by atoms with van der Waals surface area (Å²) < 4.78 is 0. The van der Waals surface area contributed by atoms with Crippen LogP contribution in [0, 0.1) is 0 Å². The van der Waals surface area contributed by atoms with Gasteiger partial charge in [0.05, 0.1) is 0 Å². The number of nitrogens with zero attached hydrogens (tertiary/aromatic N) is 1. The molecule has 1 aliphatic rings. The Kier molecular flexibility index (Phi) is 8.88. The number of hydrogen-bond donors (Lipinski definition) is 3. The maximum atomic E-state index is 11.9. The smallest absolute Gasteiger partial charge is 0.246 e. The number of guanidine groups is 1. The maximum Gasteiger partial charge on any atom is 0.246 e. The summed E-state index contributed by atoms with van der Waals surface area (Å²) in [6.45, 7) is 2.94. The molecule has 1 aromatic rings. The van der Waals surface area contributed by atoms with E-state index in [4.69, 9.17) is 0 Å². The van der Waals surface area contributed by atoms with E-state index in [1.54, 1.807) is 0 Å². The van der Waals surface area contributed by atoms with Gasteiger partial charge in [0.15, 0.2) is 5.96 Å². The number of rotatable bonds is 5. The molecular weight excluding hydrogens is 391 g/mol. The zero-order valence-electron chi connectivity index (χ0n) is 13.0. The predicted molar refractivity (Wildman–Crippen MR) is 102 cm³/mol. The van der Waals surface area contributed by atoms with E-state index < -0.39 is 0 Å². The Morgan fingerprint density at radius 2 is 1.91 bits per heavy atom. The van der Waals surface area contributed by atoms with E-state index in [0.717, 1.165) is 18.2 Å². The second-order valence-electron chi connectivity index (χ2n) is 5.24. The third-order valence-electron chi connectivity index (χ3n) is 3.48. The van der Waals surface area contributed by atoms with Gasteiger partial charge in [-0.15, -0.1) is 24.0 Å².